The van der Waals surface area contributed by atoms with E-state index >= 15 is 0 Å². The molecule has 2 rings (SSSR count). The number of hydrogen-bond donors (Lipinski definition) is 4. The summed E-state index contributed by atoms with van der Waals surface area (Å²) in [6.07, 6.45) is 3.54. The molecule has 150 valence electrons. The molecule has 0 saturated heterocycles. The lowest BCUT2D eigenvalue weighted by Crippen LogP contribution is -2.46. The largest absolute Gasteiger partial charge is 0.481 e. The van der Waals surface area contributed by atoms with Gasteiger partial charge in [0.05, 0.1) is 12.6 Å². The Bertz CT molecular complexity index is 975. The quantitative estimate of drug-likeness (QED) is 0.367. The normalized spacial score (nSPS) is 13.6. The van der Waals surface area contributed by atoms with Crippen molar-refractivity contribution in [3.05, 3.63) is 36.6 Å². The smallest absolute Gasteiger partial charge is 0.321 e. The van der Waals surface area contributed by atoms with Crippen molar-refractivity contribution < 1.29 is 32.7 Å². The first kappa shape index (κ1) is 21.1. The third-order valence-electron chi connectivity index (χ3n) is 3.24. The summed E-state index contributed by atoms with van der Waals surface area (Å²) in [5.74, 6) is -2.99. The molecule has 0 aromatic carbocycles. The second kappa shape index (κ2) is 8.64. The number of aromatic nitrogens is 4. The van der Waals surface area contributed by atoms with Gasteiger partial charge in [-0.05, 0) is 12.5 Å². The van der Waals surface area contributed by atoms with Gasteiger partial charge in [-0.3, -0.25) is 14.6 Å². The summed E-state index contributed by atoms with van der Waals surface area (Å²) < 4.78 is 33.4. The Kier molecular flexibility index (Phi) is 6.50. The van der Waals surface area contributed by atoms with Gasteiger partial charge in [-0.2, -0.15) is 22.8 Å². The summed E-state index contributed by atoms with van der Waals surface area (Å²) in [7, 11) is -4.40. The third-order valence-corrected chi connectivity index (χ3v) is 4.45. The van der Waals surface area contributed by atoms with Crippen molar-refractivity contribution in [1.82, 2.24) is 29.6 Å². The summed E-state index contributed by atoms with van der Waals surface area (Å²) in [4.78, 5) is 33.7. The number of nitrogens with zero attached hydrogens (tertiary/aromatic N) is 4. The maximum Gasteiger partial charge on any atom is 0.321 e. The van der Waals surface area contributed by atoms with Gasteiger partial charge in [0.2, 0.25) is 11.7 Å². The van der Waals surface area contributed by atoms with Crippen LogP contribution in [0, 0.1) is 0 Å². The molecule has 0 aliphatic heterocycles. The van der Waals surface area contributed by atoms with Crippen molar-refractivity contribution in [1.29, 1.82) is 0 Å². The van der Waals surface area contributed by atoms with Crippen LogP contribution in [0.3, 0.4) is 0 Å². The molecular formula is C14H16N6O7S. The number of nitrogens with one attached hydrogen (secondary N) is 2. The van der Waals surface area contributed by atoms with Crippen LogP contribution in [0.25, 0.3) is 11.5 Å². The van der Waals surface area contributed by atoms with Crippen LogP contribution in [-0.2, 0) is 19.8 Å². The number of carboxylic acids is 2. The Morgan fingerprint density at radius 1 is 1.29 bits per heavy atom. The molecule has 0 aliphatic carbocycles. The minimum absolute atomic E-state index is 0.0118. The molecule has 14 heteroatoms. The van der Waals surface area contributed by atoms with E-state index < -0.39 is 40.7 Å². The van der Waals surface area contributed by atoms with Gasteiger partial charge in [-0.1, -0.05) is 11.7 Å². The molecule has 0 fully saturated rings. The van der Waals surface area contributed by atoms with Gasteiger partial charge in [-0.15, -0.1) is 0 Å². The van der Waals surface area contributed by atoms with Crippen LogP contribution in [0.2, 0.25) is 0 Å². The first-order valence-electron chi connectivity index (χ1n) is 7.61. The zero-order valence-electron chi connectivity index (χ0n) is 14.4. The van der Waals surface area contributed by atoms with Crippen LogP contribution in [-0.4, -0.2) is 56.7 Å². The molecule has 28 heavy (non-hydrogen) atoms. The molecule has 2 aromatic heterocycles. The average molecular weight is 412 g/mol. The molecule has 2 atom stereocenters. The van der Waals surface area contributed by atoms with Crippen molar-refractivity contribution in [2.24, 2.45) is 0 Å². The maximum atomic E-state index is 12.2. The number of carboxylic acid groups (broad SMARTS) is 2. The Morgan fingerprint density at radius 3 is 2.57 bits per heavy atom. The van der Waals surface area contributed by atoms with Crippen molar-refractivity contribution in [3.63, 3.8) is 0 Å². The predicted octanol–water partition coefficient (Wildman–Crippen LogP) is -0.504. The fraction of sp³-hybridized carbons (Fsp3) is 0.286. The second-order valence-electron chi connectivity index (χ2n) is 5.51. The van der Waals surface area contributed by atoms with Crippen LogP contribution >= 0.6 is 0 Å². The monoisotopic (exact) mass is 412 g/mol. The summed E-state index contributed by atoms with van der Waals surface area (Å²) in [5.41, 5.74) is 0.121. The van der Waals surface area contributed by atoms with E-state index in [2.05, 4.69) is 31.4 Å². The second-order valence-corrected chi connectivity index (χ2v) is 6.99. The number of carbonyl (C=O) groups is 2. The maximum absolute atomic E-state index is 12.2. The Balaban J connectivity index is 2.32. The molecule has 13 nitrogen and oxygen atoms in total. The van der Waals surface area contributed by atoms with E-state index in [-0.39, 0.29) is 23.0 Å². The van der Waals surface area contributed by atoms with Gasteiger partial charge in [0.15, 0.2) is 0 Å². The molecule has 0 spiro atoms. The molecule has 0 radical (unpaired) electrons. The van der Waals surface area contributed by atoms with Gasteiger partial charge >= 0.3 is 11.9 Å². The van der Waals surface area contributed by atoms with E-state index in [0.717, 1.165) is 6.92 Å². The number of rotatable bonds is 10. The highest BCUT2D eigenvalue weighted by molar-refractivity contribution is 7.87. The van der Waals surface area contributed by atoms with Crippen molar-refractivity contribution in [3.8, 4) is 11.5 Å². The predicted molar refractivity (Wildman–Crippen MR) is 91.7 cm³/mol. The van der Waals surface area contributed by atoms with Gasteiger partial charge in [0, 0.05) is 12.4 Å². The highest BCUT2D eigenvalue weighted by Gasteiger charge is 2.30. The lowest BCUT2D eigenvalue weighted by molar-refractivity contribution is -0.138. The molecule has 2 heterocycles. The zero-order chi connectivity index (χ0) is 20.9. The molecule has 4 N–H and O–H groups in total. The molecule has 0 amide bonds. The van der Waals surface area contributed by atoms with Crippen LogP contribution in [0.5, 0.6) is 0 Å². The van der Waals surface area contributed by atoms with E-state index in [0.29, 0.717) is 0 Å². The lowest BCUT2D eigenvalue weighted by Gasteiger charge is -2.18. The Hall–Kier alpha value is -3.23. The van der Waals surface area contributed by atoms with Crippen molar-refractivity contribution >= 4 is 22.1 Å². The fourth-order valence-electron chi connectivity index (χ4n) is 1.95. The summed E-state index contributed by atoms with van der Waals surface area (Å²) in [6, 6.07) is -2.86. The van der Waals surface area contributed by atoms with E-state index in [1.165, 1.54) is 18.6 Å². The summed E-state index contributed by atoms with van der Waals surface area (Å²) in [6.45, 7) is 4.66. The third kappa shape index (κ3) is 5.63. The van der Waals surface area contributed by atoms with Crippen LogP contribution in [0.1, 0.15) is 25.3 Å². The molecular weight excluding hydrogens is 396 g/mol. The van der Waals surface area contributed by atoms with Crippen molar-refractivity contribution in [2.75, 3.05) is 0 Å². The van der Waals surface area contributed by atoms with Gasteiger partial charge < -0.3 is 14.7 Å². The summed E-state index contributed by atoms with van der Waals surface area (Å²) >= 11 is 0. The minimum Gasteiger partial charge on any atom is -0.481 e. The van der Waals surface area contributed by atoms with Crippen molar-refractivity contribution in [2.45, 2.75) is 25.4 Å². The molecule has 0 aliphatic rings. The van der Waals surface area contributed by atoms with Gasteiger partial charge in [0.1, 0.15) is 17.8 Å². The summed E-state index contributed by atoms with van der Waals surface area (Å²) in [5, 5.41) is 21.5. The van der Waals surface area contributed by atoms with E-state index in [1.54, 1.807) is 0 Å². The highest BCUT2D eigenvalue weighted by Crippen LogP contribution is 2.24. The minimum atomic E-state index is -4.40. The van der Waals surface area contributed by atoms with E-state index in [9.17, 15) is 18.0 Å². The van der Waals surface area contributed by atoms with Gasteiger partial charge in [-0.25, -0.2) is 4.98 Å². The van der Waals surface area contributed by atoms with Gasteiger partial charge in [0.25, 0.3) is 10.2 Å². The average Bonchev–Trinajstić information content (AvgIpc) is 3.09. The SMILES string of the molecule is C=C(CC(=O)O)[C@H](NS(=O)(=O)N[C@@H](C)C(=O)O)c1nc(-c2cnccn2)no1. The number of hydrogen-bond acceptors (Lipinski definition) is 9. The van der Waals surface area contributed by atoms with Crippen LogP contribution in [0.4, 0.5) is 0 Å². The molecule has 0 saturated carbocycles. The lowest BCUT2D eigenvalue weighted by atomic mass is 10.1. The standard InChI is InChI=1S/C14H16N6O7S/c1-7(5-10(21)22)11(20-28(25,26)19-8(2)14(23)24)13-17-12(18-27-13)9-6-15-3-4-16-9/h3-4,6,8,11,19-20H,1,5H2,2H3,(H,21,22)(H,23,24)/t8-,11-/m0/s1. The zero-order valence-corrected chi connectivity index (χ0v) is 15.3. The molecule has 0 bridgehead atoms. The topological polar surface area (TPSA) is 197 Å². The Labute approximate surface area is 158 Å². The highest BCUT2D eigenvalue weighted by atomic mass is 32.2. The number of aliphatic carboxylic acids is 2. The van der Waals surface area contributed by atoms with Crippen LogP contribution < -0.4 is 9.44 Å². The Morgan fingerprint density at radius 2 is 2.00 bits per heavy atom. The fourth-order valence-corrected chi connectivity index (χ4v) is 3.16. The first-order valence-corrected chi connectivity index (χ1v) is 9.09. The molecule has 0 unspecified atom stereocenters. The van der Waals surface area contributed by atoms with E-state index in [1.807, 2.05) is 4.72 Å². The first-order chi connectivity index (χ1) is 13.1. The van der Waals surface area contributed by atoms with E-state index in [4.69, 9.17) is 14.7 Å². The molecule has 2 aromatic rings. The van der Waals surface area contributed by atoms with Crippen LogP contribution in [0.15, 0.2) is 35.3 Å².